The van der Waals surface area contributed by atoms with Crippen LogP contribution in [0.5, 0.6) is 0 Å². The summed E-state index contributed by atoms with van der Waals surface area (Å²) in [5.74, 6) is 0.675. The number of benzene rings is 1. The molecule has 0 aliphatic heterocycles. The number of anilines is 1. The molecule has 0 radical (unpaired) electrons. The van der Waals surface area contributed by atoms with Gasteiger partial charge in [0.15, 0.2) is 0 Å². The molecule has 1 amide bonds. The van der Waals surface area contributed by atoms with E-state index in [1.807, 2.05) is 29.1 Å². The van der Waals surface area contributed by atoms with Crippen LogP contribution in [0.3, 0.4) is 0 Å². The highest BCUT2D eigenvalue weighted by Gasteiger charge is 2.22. The molecule has 1 aromatic carbocycles. The summed E-state index contributed by atoms with van der Waals surface area (Å²) >= 11 is 0. The van der Waals surface area contributed by atoms with E-state index in [0.29, 0.717) is 5.56 Å². The Bertz CT molecular complexity index is 946. The van der Waals surface area contributed by atoms with Gasteiger partial charge in [0.2, 0.25) is 0 Å². The summed E-state index contributed by atoms with van der Waals surface area (Å²) < 4.78 is 4.21. The first kappa shape index (κ1) is 15.9. The van der Waals surface area contributed by atoms with E-state index in [4.69, 9.17) is 0 Å². The van der Waals surface area contributed by atoms with E-state index in [9.17, 15) is 4.79 Å². The van der Waals surface area contributed by atoms with E-state index in [1.54, 1.807) is 6.20 Å². The summed E-state index contributed by atoms with van der Waals surface area (Å²) in [6, 6.07) is 5.94. The van der Waals surface area contributed by atoms with E-state index in [1.165, 1.54) is 29.6 Å². The predicted octanol–water partition coefficient (Wildman–Crippen LogP) is 4.14. The first-order valence-electron chi connectivity index (χ1n) is 9.00. The smallest absolute Gasteiger partial charge is 0.255 e. The Hall–Kier alpha value is -2.56. The predicted molar refractivity (Wildman–Crippen MR) is 100.0 cm³/mol. The summed E-state index contributed by atoms with van der Waals surface area (Å²) in [6.45, 7) is 8.28. The van der Waals surface area contributed by atoms with Crippen LogP contribution in [-0.4, -0.2) is 20.3 Å². The fraction of sp³-hybridized carbons (Fsp3) is 0.400. The molecule has 4 rings (SSSR count). The molecule has 0 spiro atoms. The fourth-order valence-electron chi connectivity index (χ4n) is 3.49. The summed E-state index contributed by atoms with van der Waals surface area (Å²) in [6.07, 6.45) is 6.22. The van der Waals surface area contributed by atoms with Crippen molar-refractivity contribution in [1.29, 1.82) is 0 Å². The lowest BCUT2D eigenvalue weighted by Crippen LogP contribution is -2.11. The van der Waals surface area contributed by atoms with Gasteiger partial charge in [0, 0.05) is 41.4 Å². The maximum atomic E-state index is 12.6. The number of carbonyl (C=O) groups excluding carboxylic acids is 1. The van der Waals surface area contributed by atoms with Crippen molar-refractivity contribution in [2.75, 3.05) is 5.32 Å². The second-order valence-electron chi connectivity index (χ2n) is 7.04. The van der Waals surface area contributed by atoms with Crippen LogP contribution in [0.1, 0.15) is 41.4 Å². The van der Waals surface area contributed by atoms with Gasteiger partial charge in [-0.05, 0) is 63.3 Å². The van der Waals surface area contributed by atoms with Gasteiger partial charge >= 0.3 is 0 Å². The molecule has 0 saturated heterocycles. The van der Waals surface area contributed by atoms with Gasteiger partial charge in [-0.1, -0.05) is 0 Å². The summed E-state index contributed by atoms with van der Waals surface area (Å²) in [5.41, 5.74) is 5.12. The molecule has 1 aliphatic carbocycles. The fourth-order valence-corrected chi connectivity index (χ4v) is 3.49. The lowest BCUT2D eigenvalue weighted by molar-refractivity contribution is 0.102. The van der Waals surface area contributed by atoms with Gasteiger partial charge in [0.1, 0.15) is 0 Å². The van der Waals surface area contributed by atoms with Crippen molar-refractivity contribution in [2.24, 2.45) is 5.92 Å². The van der Waals surface area contributed by atoms with E-state index >= 15 is 0 Å². The third-order valence-corrected chi connectivity index (χ3v) is 5.25. The van der Waals surface area contributed by atoms with Gasteiger partial charge in [0.05, 0.1) is 11.9 Å². The second-order valence-corrected chi connectivity index (χ2v) is 7.04. The minimum atomic E-state index is -0.0887. The normalized spacial score (nSPS) is 14.2. The SMILES string of the molecule is CCn1c(C)c(C)c2cc(C(=O)Nc3cnn(CC4CC4)c3)ccc21. The van der Waals surface area contributed by atoms with Crippen molar-refractivity contribution in [1.82, 2.24) is 14.3 Å². The lowest BCUT2D eigenvalue weighted by Gasteiger charge is -2.05. The van der Waals surface area contributed by atoms with E-state index in [2.05, 4.69) is 35.8 Å². The molecule has 1 saturated carbocycles. The highest BCUT2D eigenvalue weighted by Crippen LogP contribution is 2.30. The van der Waals surface area contributed by atoms with Crippen LogP contribution in [0.15, 0.2) is 30.6 Å². The zero-order valence-corrected chi connectivity index (χ0v) is 15.0. The number of fused-ring (bicyclic) bond motifs is 1. The molecule has 5 heteroatoms. The minimum Gasteiger partial charge on any atom is -0.345 e. The molecule has 130 valence electrons. The van der Waals surface area contributed by atoms with Crippen LogP contribution in [0, 0.1) is 19.8 Å². The number of hydrogen-bond donors (Lipinski definition) is 1. The Morgan fingerprint density at radius 2 is 2.12 bits per heavy atom. The molecule has 5 nitrogen and oxygen atoms in total. The number of amides is 1. The topological polar surface area (TPSA) is 51.9 Å². The third kappa shape index (κ3) is 2.95. The Balaban J connectivity index is 1.57. The van der Waals surface area contributed by atoms with Gasteiger partial charge in [-0.25, -0.2) is 0 Å². The van der Waals surface area contributed by atoms with Crippen molar-refractivity contribution in [3.8, 4) is 0 Å². The molecule has 0 atom stereocenters. The zero-order chi connectivity index (χ0) is 17.6. The maximum absolute atomic E-state index is 12.6. The quantitative estimate of drug-likeness (QED) is 0.761. The van der Waals surface area contributed by atoms with E-state index in [-0.39, 0.29) is 5.91 Å². The summed E-state index contributed by atoms with van der Waals surface area (Å²) in [4.78, 5) is 12.6. The summed E-state index contributed by atoms with van der Waals surface area (Å²) in [5, 5.41) is 8.44. The number of aryl methyl sites for hydroxylation is 2. The number of hydrogen-bond acceptors (Lipinski definition) is 2. The average molecular weight is 336 g/mol. The van der Waals surface area contributed by atoms with Gasteiger partial charge < -0.3 is 9.88 Å². The van der Waals surface area contributed by atoms with Crippen molar-refractivity contribution in [3.63, 3.8) is 0 Å². The van der Waals surface area contributed by atoms with Crippen LogP contribution in [-0.2, 0) is 13.1 Å². The van der Waals surface area contributed by atoms with Crippen LogP contribution in [0.2, 0.25) is 0 Å². The highest BCUT2D eigenvalue weighted by atomic mass is 16.1. The van der Waals surface area contributed by atoms with E-state index in [0.717, 1.165) is 30.1 Å². The van der Waals surface area contributed by atoms with Crippen molar-refractivity contribution in [3.05, 3.63) is 47.4 Å². The van der Waals surface area contributed by atoms with Gasteiger partial charge in [-0.2, -0.15) is 5.10 Å². The van der Waals surface area contributed by atoms with Crippen molar-refractivity contribution < 1.29 is 4.79 Å². The average Bonchev–Trinajstić information content (AvgIpc) is 3.26. The van der Waals surface area contributed by atoms with E-state index < -0.39 is 0 Å². The minimum absolute atomic E-state index is 0.0887. The molecule has 2 aromatic heterocycles. The van der Waals surface area contributed by atoms with Crippen molar-refractivity contribution in [2.45, 2.75) is 46.7 Å². The maximum Gasteiger partial charge on any atom is 0.255 e. The molecule has 1 N–H and O–H groups in total. The largest absolute Gasteiger partial charge is 0.345 e. The molecule has 0 bridgehead atoms. The molecule has 0 unspecified atom stereocenters. The van der Waals surface area contributed by atoms with Crippen LogP contribution in [0.25, 0.3) is 10.9 Å². The monoisotopic (exact) mass is 336 g/mol. The Labute approximate surface area is 147 Å². The molecule has 2 heterocycles. The molecule has 1 fully saturated rings. The van der Waals surface area contributed by atoms with Crippen LogP contribution in [0.4, 0.5) is 5.69 Å². The van der Waals surface area contributed by atoms with Crippen LogP contribution >= 0.6 is 0 Å². The third-order valence-electron chi connectivity index (χ3n) is 5.25. The van der Waals surface area contributed by atoms with Gasteiger partial charge in [-0.15, -0.1) is 0 Å². The number of aromatic nitrogens is 3. The van der Waals surface area contributed by atoms with Gasteiger partial charge in [-0.3, -0.25) is 9.48 Å². The number of nitrogens with zero attached hydrogens (tertiary/aromatic N) is 3. The highest BCUT2D eigenvalue weighted by molar-refractivity contribution is 6.06. The molecule has 1 aliphatic rings. The Kier molecular flexibility index (Phi) is 3.86. The number of rotatable bonds is 5. The Morgan fingerprint density at radius 1 is 1.32 bits per heavy atom. The van der Waals surface area contributed by atoms with Gasteiger partial charge in [0.25, 0.3) is 5.91 Å². The Morgan fingerprint density at radius 3 is 2.84 bits per heavy atom. The lowest BCUT2D eigenvalue weighted by atomic mass is 10.1. The second kappa shape index (κ2) is 6.06. The van der Waals surface area contributed by atoms with Crippen molar-refractivity contribution >= 4 is 22.5 Å². The summed E-state index contributed by atoms with van der Waals surface area (Å²) in [7, 11) is 0. The zero-order valence-electron chi connectivity index (χ0n) is 15.0. The molecule has 25 heavy (non-hydrogen) atoms. The number of nitrogens with one attached hydrogen (secondary N) is 1. The first-order chi connectivity index (χ1) is 12.1. The molecular weight excluding hydrogens is 312 g/mol. The first-order valence-corrected chi connectivity index (χ1v) is 9.00. The number of carbonyl (C=O) groups is 1. The molecular formula is C20H24N4O. The molecule has 3 aromatic rings. The standard InChI is InChI=1S/C20H24N4O/c1-4-24-14(3)13(2)18-9-16(7-8-19(18)24)20(25)22-17-10-21-23(12-17)11-15-5-6-15/h7-10,12,15H,4-6,11H2,1-3H3,(H,22,25). The van der Waals surface area contributed by atoms with Crippen LogP contribution < -0.4 is 5.32 Å².